The van der Waals surface area contributed by atoms with Crippen LogP contribution >= 0.6 is 0 Å². The Bertz CT molecular complexity index is 383. The first-order chi connectivity index (χ1) is 10.0. The third kappa shape index (κ3) is 3.39. The standard InChI is InChI=1S/C16H28N2O3/c1-3-14(20)18-8-5-13(11-18)15(21)17-9-6-16(4-2,12-19)7-10-17/h13,19H,3-12H2,1-2H3. The fourth-order valence-electron chi connectivity index (χ4n) is 3.50. The molecule has 0 saturated carbocycles. The van der Waals surface area contributed by atoms with Crippen molar-refractivity contribution < 1.29 is 14.7 Å². The van der Waals surface area contributed by atoms with E-state index in [2.05, 4.69) is 6.92 Å². The van der Waals surface area contributed by atoms with Crippen molar-refractivity contribution in [3.63, 3.8) is 0 Å². The van der Waals surface area contributed by atoms with Gasteiger partial charge in [0.05, 0.1) is 5.92 Å². The smallest absolute Gasteiger partial charge is 0.227 e. The Morgan fingerprint density at radius 1 is 1.14 bits per heavy atom. The molecule has 0 aromatic heterocycles. The molecule has 0 bridgehead atoms. The summed E-state index contributed by atoms with van der Waals surface area (Å²) in [7, 11) is 0. The van der Waals surface area contributed by atoms with E-state index < -0.39 is 0 Å². The molecule has 0 aromatic carbocycles. The first-order valence-corrected chi connectivity index (χ1v) is 8.22. The zero-order valence-corrected chi connectivity index (χ0v) is 13.3. The lowest BCUT2D eigenvalue weighted by atomic mass is 9.77. The van der Waals surface area contributed by atoms with E-state index in [1.165, 1.54) is 0 Å². The van der Waals surface area contributed by atoms with Crippen LogP contribution in [-0.4, -0.2) is 59.5 Å². The second-order valence-corrected chi connectivity index (χ2v) is 6.52. The highest BCUT2D eigenvalue weighted by Gasteiger charge is 2.38. The second kappa shape index (κ2) is 6.77. The Balaban J connectivity index is 1.87. The van der Waals surface area contributed by atoms with Gasteiger partial charge in [-0.1, -0.05) is 13.8 Å². The number of likely N-dealkylation sites (tertiary alicyclic amines) is 2. The number of hydrogen-bond donors (Lipinski definition) is 1. The van der Waals surface area contributed by atoms with Crippen LogP contribution in [0.15, 0.2) is 0 Å². The van der Waals surface area contributed by atoms with E-state index in [1.54, 1.807) is 0 Å². The molecule has 120 valence electrons. The van der Waals surface area contributed by atoms with Gasteiger partial charge in [0.15, 0.2) is 0 Å². The molecule has 2 aliphatic heterocycles. The van der Waals surface area contributed by atoms with Crippen LogP contribution in [0.2, 0.25) is 0 Å². The maximum atomic E-state index is 12.6. The number of hydrogen-bond acceptors (Lipinski definition) is 3. The Morgan fingerprint density at radius 3 is 2.33 bits per heavy atom. The number of carbonyl (C=O) groups is 2. The lowest BCUT2D eigenvalue weighted by molar-refractivity contribution is -0.138. The molecule has 0 aliphatic carbocycles. The Hall–Kier alpha value is -1.10. The first kappa shape index (κ1) is 16.3. The van der Waals surface area contributed by atoms with E-state index in [-0.39, 0.29) is 29.8 Å². The Labute approximate surface area is 127 Å². The van der Waals surface area contributed by atoms with Gasteiger partial charge in [0, 0.05) is 39.2 Å². The molecule has 0 aromatic rings. The predicted octanol–water partition coefficient (Wildman–Crippen LogP) is 1.26. The summed E-state index contributed by atoms with van der Waals surface area (Å²) in [6, 6.07) is 0. The van der Waals surface area contributed by atoms with E-state index >= 15 is 0 Å². The second-order valence-electron chi connectivity index (χ2n) is 6.52. The van der Waals surface area contributed by atoms with Gasteiger partial charge in [-0.2, -0.15) is 0 Å². The van der Waals surface area contributed by atoms with Gasteiger partial charge in [-0.25, -0.2) is 0 Å². The molecule has 1 unspecified atom stereocenters. The normalized spacial score (nSPS) is 25.2. The van der Waals surface area contributed by atoms with Crippen molar-refractivity contribution in [2.75, 3.05) is 32.8 Å². The third-order valence-corrected chi connectivity index (χ3v) is 5.41. The molecular formula is C16H28N2O3. The number of rotatable bonds is 4. The van der Waals surface area contributed by atoms with Gasteiger partial charge in [-0.15, -0.1) is 0 Å². The molecule has 5 heteroatoms. The molecule has 1 N–H and O–H groups in total. The fraction of sp³-hybridized carbons (Fsp3) is 0.875. The topological polar surface area (TPSA) is 60.9 Å². The van der Waals surface area contributed by atoms with Gasteiger partial charge in [-0.05, 0) is 31.1 Å². The van der Waals surface area contributed by atoms with Crippen LogP contribution in [0, 0.1) is 11.3 Å². The van der Waals surface area contributed by atoms with Crippen molar-refractivity contribution in [1.29, 1.82) is 0 Å². The number of piperidine rings is 1. The molecular weight excluding hydrogens is 268 g/mol. The Morgan fingerprint density at radius 2 is 1.81 bits per heavy atom. The summed E-state index contributed by atoms with van der Waals surface area (Å²) in [6.45, 7) is 6.97. The monoisotopic (exact) mass is 296 g/mol. The van der Waals surface area contributed by atoms with Crippen LogP contribution in [-0.2, 0) is 9.59 Å². The Kier molecular flexibility index (Phi) is 5.25. The number of carbonyl (C=O) groups excluding carboxylic acids is 2. The minimum absolute atomic E-state index is 0.0106. The van der Waals surface area contributed by atoms with E-state index in [4.69, 9.17) is 0 Å². The summed E-state index contributed by atoms with van der Waals surface area (Å²) in [5.41, 5.74) is 0.0106. The van der Waals surface area contributed by atoms with Crippen molar-refractivity contribution in [2.45, 2.75) is 46.0 Å². The van der Waals surface area contributed by atoms with Gasteiger partial charge < -0.3 is 14.9 Å². The lowest BCUT2D eigenvalue weighted by Gasteiger charge is -2.41. The van der Waals surface area contributed by atoms with Gasteiger partial charge >= 0.3 is 0 Å². The zero-order chi connectivity index (χ0) is 15.5. The van der Waals surface area contributed by atoms with E-state index in [0.717, 1.165) is 38.8 Å². The molecule has 21 heavy (non-hydrogen) atoms. The van der Waals surface area contributed by atoms with Crippen LogP contribution in [0.5, 0.6) is 0 Å². The van der Waals surface area contributed by atoms with Gasteiger partial charge in [-0.3, -0.25) is 9.59 Å². The number of amides is 2. The average Bonchev–Trinajstić information content (AvgIpc) is 3.03. The molecule has 2 saturated heterocycles. The minimum atomic E-state index is -0.0243. The first-order valence-electron chi connectivity index (χ1n) is 8.22. The van der Waals surface area contributed by atoms with Crippen molar-refractivity contribution in [1.82, 2.24) is 9.80 Å². The maximum absolute atomic E-state index is 12.6. The number of aliphatic hydroxyl groups is 1. The van der Waals surface area contributed by atoms with Crippen molar-refractivity contribution in [2.24, 2.45) is 11.3 Å². The van der Waals surface area contributed by atoms with Gasteiger partial charge in [0.25, 0.3) is 0 Å². The highest BCUT2D eigenvalue weighted by molar-refractivity contribution is 5.82. The van der Waals surface area contributed by atoms with E-state index in [9.17, 15) is 14.7 Å². The summed E-state index contributed by atoms with van der Waals surface area (Å²) in [5.74, 6) is 0.321. The summed E-state index contributed by atoms with van der Waals surface area (Å²) in [5, 5.41) is 9.55. The molecule has 2 fully saturated rings. The van der Waals surface area contributed by atoms with Crippen LogP contribution in [0.25, 0.3) is 0 Å². The maximum Gasteiger partial charge on any atom is 0.227 e. The van der Waals surface area contributed by atoms with Crippen LogP contribution < -0.4 is 0 Å². The average molecular weight is 296 g/mol. The molecule has 2 heterocycles. The molecule has 2 rings (SSSR count). The summed E-state index contributed by atoms with van der Waals surface area (Å²) < 4.78 is 0. The molecule has 1 atom stereocenters. The van der Waals surface area contributed by atoms with Crippen LogP contribution in [0.3, 0.4) is 0 Å². The van der Waals surface area contributed by atoms with Gasteiger partial charge in [0.2, 0.25) is 11.8 Å². The van der Waals surface area contributed by atoms with Gasteiger partial charge in [0.1, 0.15) is 0 Å². The molecule has 2 amide bonds. The largest absolute Gasteiger partial charge is 0.396 e. The third-order valence-electron chi connectivity index (χ3n) is 5.41. The number of nitrogens with zero attached hydrogens (tertiary/aromatic N) is 2. The molecule has 0 spiro atoms. The van der Waals surface area contributed by atoms with E-state index in [0.29, 0.717) is 19.5 Å². The van der Waals surface area contributed by atoms with Crippen LogP contribution in [0.4, 0.5) is 0 Å². The SMILES string of the molecule is CCC(=O)N1CCC(C(=O)N2CCC(CC)(CO)CC2)C1. The van der Waals surface area contributed by atoms with Crippen LogP contribution in [0.1, 0.15) is 46.0 Å². The van der Waals surface area contributed by atoms with E-state index in [1.807, 2.05) is 16.7 Å². The number of aliphatic hydroxyl groups excluding tert-OH is 1. The summed E-state index contributed by atoms with van der Waals surface area (Å²) >= 11 is 0. The predicted molar refractivity (Wildman–Crippen MR) is 80.6 cm³/mol. The van der Waals surface area contributed by atoms with Crippen molar-refractivity contribution >= 4 is 11.8 Å². The highest BCUT2D eigenvalue weighted by Crippen LogP contribution is 2.35. The lowest BCUT2D eigenvalue weighted by Crippen LogP contribution is -2.47. The quantitative estimate of drug-likeness (QED) is 0.849. The van der Waals surface area contributed by atoms with Crippen molar-refractivity contribution in [3.05, 3.63) is 0 Å². The fourth-order valence-corrected chi connectivity index (χ4v) is 3.50. The highest BCUT2D eigenvalue weighted by atomic mass is 16.3. The van der Waals surface area contributed by atoms with Crippen molar-refractivity contribution in [3.8, 4) is 0 Å². The summed E-state index contributed by atoms with van der Waals surface area (Å²) in [4.78, 5) is 28.0. The minimum Gasteiger partial charge on any atom is -0.396 e. The molecule has 5 nitrogen and oxygen atoms in total. The summed E-state index contributed by atoms with van der Waals surface area (Å²) in [6.07, 6.45) is 4.04. The molecule has 2 aliphatic rings. The zero-order valence-electron chi connectivity index (χ0n) is 13.3. The molecule has 0 radical (unpaired) electrons.